The fraction of sp³-hybridized carbons (Fsp3) is 0.600. The second-order valence-electron chi connectivity index (χ2n) is 4.42. The Hall–Kier alpha value is -0.860. The Balaban J connectivity index is 2.56. The monoisotopic (exact) mass is 234 g/mol. The van der Waals surface area contributed by atoms with Gasteiger partial charge in [-0.3, -0.25) is 4.90 Å². The SMILES string of the molecule is CCNCC(CC)N(CC)Cc1ccccc1. The zero-order valence-electron chi connectivity index (χ0n) is 11.4. The van der Waals surface area contributed by atoms with Crippen molar-refractivity contribution in [2.24, 2.45) is 0 Å². The first kappa shape index (κ1) is 14.2. The van der Waals surface area contributed by atoms with Crippen molar-refractivity contribution in [2.45, 2.75) is 39.8 Å². The van der Waals surface area contributed by atoms with Crippen LogP contribution in [0.2, 0.25) is 0 Å². The highest BCUT2D eigenvalue weighted by Crippen LogP contribution is 2.10. The largest absolute Gasteiger partial charge is 0.315 e. The summed E-state index contributed by atoms with van der Waals surface area (Å²) in [5, 5.41) is 3.46. The molecule has 0 spiro atoms. The molecule has 0 saturated heterocycles. The van der Waals surface area contributed by atoms with Crippen LogP contribution in [-0.2, 0) is 6.54 Å². The summed E-state index contributed by atoms with van der Waals surface area (Å²) in [5.74, 6) is 0. The molecule has 17 heavy (non-hydrogen) atoms. The second-order valence-corrected chi connectivity index (χ2v) is 4.42. The van der Waals surface area contributed by atoms with Crippen LogP contribution in [0.1, 0.15) is 32.8 Å². The van der Waals surface area contributed by atoms with Gasteiger partial charge in [-0.25, -0.2) is 0 Å². The predicted octanol–water partition coefficient (Wildman–Crippen LogP) is 2.90. The van der Waals surface area contributed by atoms with Crippen molar-refractivity contribution in [2.75, 3.05) is 19.6 Å². The predicted molar refractivity (Wildman–Crippen MR) is 75.1 cm³/mol. The zero-order valence-corrected chi connectivity index (χ0v) is 11.4. The van der Waals surface area contributed by atoms with Crippen molar-refractivity contribution >= 4 is 0 Å². The molecule has 0 aromatic heterocycles. The number of rotatable bonds is 8. The van der Waals surface area contributed by atoms with Crippen molar-refractivity contribution in [1.82, 2.24) is 10.2 Å². The molecular formula is C15H26N2. The van der Waals surface area contributed by atoms with E-state index >= 15 is 0 Å². The van der Waals surface area contributed by atoms with Gasteiger partial charge >= 0.3 is 0 Å². The van der Waals surface area contributed by atoms with Crippen molar-refractivity contribution in [1.29, 1.82) is 0 Å². The van der Waals surface area contributed by atoms with E-state index in [0.717, 1.165) is 26.2 Å². The molecule has 1 rings (SSSR count). The summed E-state index contributed by atoms with van der Waals surface area (Å²) in [6, 6.07) is 11.4. The molecular weight excluding hydrogens is 208 g/mol. The maximum atomic E-state index is 3.46. The van der Waals surface area contributed by atoms with Crippen LogP contribution in [0.3, 0.4) is 0 Å². The van der Waals surface area contributed by atoms with Crippen LogP contribution in [0.5, 0.6) is 0 Å². The molecule has 1 unspecified atom stereocenters. The number of benzene rings is 1. The van der Waals surface area contributed by atoms with Crippen molar-refractivity contribution < 1.29 is 0 Å². The summed E-state index contributed by atoms with van der Waals surface area (Å²) in [6.45, 7) is 11.0. The van der Waals surface area contributed by atoms with Gasteiger partial charge in [-0.2, -0.15) is 0 Å². The first-order valence-electron chi connectivity index (χ1n) is 6.80. The van der Waals surface area contributed by atoms with Gasteiger partial charge in [0.2, 0.25) is 0 Å². The first-order valence-corrected chi connectivity index (χ1v) is 6.80. The molecule has 2 heteroatoms. The lowest BCUT2D eigenvalue weighted by atomic mass is 10.1. The second kappa shape index (κ2) is 8.26. The lowest BCUT2D eigenvalue weighted by molar-refractivity contribution is 0.188. The van der Waals surface area contributed by atoms with Gasteiger partial charge in [0.25, 0.3) is 0 Å². The van der Waals surface area contributed by atoms with Gasteiger partial charge in [-0.05, 0) is 25.1 Å². The molecule has 0 saturated carbocycles. The van der Waals surface area contributed by atoms with Crippen LogP contribution in [0, 0.1) is 0 Å². The highest BCUT2D eigenvalue weighted by Gasteiger charge is 2.14. The summed E-state index contributed by atoms with van der Waals surface area (Å²) in [6.07, 6.45) is 1.20. The minimum atomic E-state index is 0.639. The summed E-state index contributed by atoms with van der Waals surface area (Å²) in [4.78, 5) is 2.55. The highest BCUT2D eigenvalue weighted by atomic mass is 15.2. The van der Waals surface area contributed by atoms with Gasteiger partial charge in [-0.15, -0.1) is 0 Å². The fourth-order valence-electron chi connectivity index (χ4n) is 2.16. The standard InChI is InChI=1S/C15H26N2/c1-4-15(12-16-5-2)17(6-3)13-14-10-8-7-9-11-14/h7-11,15-16H,4-6,12-13H2,1-3H3. The third-order valence-electron chi connectivity index (χ3n) is 3.25. The minimum absolute atomic E-state index is 0.639. The summed E-state index contributed by atoms with van der Waals surface area (Å²) in [7, 11) is 0. The van der Waals surface area contributed by atoms with Crippen molar-refractivity contribution in [3.63, 3.8) is 0 Å². The molecule has 0 amide bonds. The maximum Gasteiger partial charge on any atom is 0.0237 e. The fourth-order valence-corrected chi connectivity index (χ4v) is 2.16. The molecule has 1 atom stereocenters. The molecule has 0 bridgehead atoms. The van der Waals surface area contributed by atoms with E-state index in [1.807, 2.05) is 0 Å². The molecule has 1 aromatic carbocycles. The summed E-state index contributed by atoms with van der Waals surface area (Å²) < 4.78 is 0. The Morgan fingerprint density at radius 2 is 1.82 bits per heavy atom. The van der Waals surface area contributed by atoms with Crippen molar-refractivity contribution in [3.05, 3.63) is 35.9 Å². The molecule has 1 N–H and O–H groups in total. The van der Waals surface area contributed by atoms with E-state index in [1.165, 1.54) is 12.0 Å². The smallest absolute Gasteiger partial charge is 0.0237 e. The Kier molecular flexibility index (Phi) is 6.90. The lowest BCUT2D eigenvalue weighted by Gasteiger charge is -2.30. The Bertz CT molecular complexity index is 284. The van der Waals surface area contributed by atoms with E-state index in [-0.39, 0.29) is 0 Å². The molecule has 96 valence electrons. The van der Waals surface area contributed by atoms with Crippen LogP contribution in [0.25, 0.3) is 0 Å². The number of nitrogens with one attached hydrogen (secondary N) is 1. The lowest BCUT2D eigenvalue weighted by Crippen LogP contribution is -2.41. The summed E-state index contributed by atoms with van der Waals surface area (Å²) >= 11 is 0. The van der Waals surface area contributed by atoms with Gasteiger partial charge in [0.05, 0.1) is 0 Å². The van der Waals surface area contributed by atoms with Crippen molar-refractivity contribution in [3.8, 4) is 0 Å². The molecule has 2 nitrogen and oxygen atoms in total. The number of hydrogen-bond acceptors (Lipinski definition) is 2. The molecule has 0 aliphatic heterocycles. The van der Waals surface area contributed by atoms with Crippen LogP contribution in [0.4, 0.5) is 0 Å². The van der Waals surface area contributed by atoms with Gasteiger partial charge in [-0.1, -0.05) is 51.1 Å². The Labute approximate surface area is 106 Å². The van der Waals surface area contributed by atoms with Crippen LogP contribution < -0.4 is 5.32 Å². The van der Waals surface area contributed by atoms with Gasteiger partial charge < -0.3 is 5.32 Å². The number of likely N-dealkylation sites (N-methyl/N-ethyl adjacent to an activating group) is 2. The first-order chi connectivity index (χ1) is 8.31. The molecule has 0 heterocycles. The van der Waals surface area contributed by atoms with E-state index < -0.39 is 0 Å². The molecule has 1 aromatic rings. The van der Waals surface area contributed by atoms with E-state index in [0.29, 0.717) is 6.04 Å². The van der Waals surface area contributed by atoms with E-state index in [1.54, 1.807) is 0 Å². The van der Waals surface area contributed by atoms with Crippen LogP contribution in [0.15, 0.2) is 30.3 Å². The van der Waals surface area contributed by atoms with Crippen LogP contribution in [-0.4, -0.2) is 30.6 Å². The average Bonchev–Trinajstić information content (AvgIpc) is 2.39. The van der Waals surface area contributed by atoms with E-state index in [9.17, 15) is 0 Å². The molecule has 0 fully saturated rings. The van der Waals surface area contributed by atoms with Gasteiger partial charge in [0.15, 0.2) is 0 Å². The number of hydrogen-bond donors (Lipinski definition) is 1. The summed E-state index contributed by atoms with van der Waals surface area (Å²) in [5.41, 5.74) is 1.41. The number of nitrogens with zero attached hydrogens (tertiary/aromatic N) is 1. The normalized spacial score (nSPS) is 12.9. The van der Waals surface area contributed by atoms with Crippen LogP contribution >= 0.6 is 0 Å². The molecule has 0 radical (unpaired) electrons. The molecule has 0 aliphatic rings. The Morgan fingerprint density at radius 3 is 2.35 bits per heavy atom. The quantitative estimate of drug-likeness (QED) is 0.744. The topological polar surface area (TPSA) is 15.3 Å². The van der Waals surface area contributed by atoms with E-state index in [2.05, 4.69) is 61.3 Å². The molecule has 0 aliphatic carbocycles. The highest BCUT2D eigenvalue weighted by molar-refractivity contribution is 5.14. The zero-order chi connectivity index (χ0) is 12.5. The van der Waals surface area contributed by atoms with Gasteiger partial charge in [0, 0.05) is 19.1 Å². The van der Waals surface area contributed by atoms with Gasteiger partial charge in [0.1, 0.15) is 0 Å². The van der Waals surface area contributed by atoms with E-state index in [4.69, 9.17) is 0 Å². The minimum Gasteiger partial charge on any atom is -0.315 e. The maximum absolute atomic E-state index is 3.46. The third-order valence-corrected chi connectivity index (χ3v) is 3.25. The Morgan fingerprint density at radius 1 is 1.12 bits per heavy atom. The third kappa shape index (κ3) is 4.88. The average molecular weight is 234 g/mol.